The van der Waals surface area contributed by atoms with Crippen LogP contribution in [0.3, 0.4) is 0 Å². The van der Waals surface area contributed by atoms with Crippen molar-refractivity contribution in [1.82, 2.24) is 4.98 Å². The molecule has 0 spiro atoms. The molecule has 0 aliphatic rings. The van der Waals surface area contributed by atoms with Gasteiger partial charge in [0.05, 0.1) is 16.3 Å². The van der Waals surface area contributed by atoms with Crippen LogP contribution in [0.25, 0.3) is 0 Å². The van der Waals surface area contributed by atoms with Crippen LogP contribution in [0.5, 0.6) is 0 Å². The van der Waals surface area contributed by atoms with Gasteiger partial charge in [0.2, 0.25) is 0 Å². The minimum Gasteiger partial charge on any atom is -0.399 e. The molecule has 0 fully saturated rings. The van der Waals surface area contributed by atoms with E-state index in [9.17, 15) is 4.79 Å². The van der Waals surface area contributed by atoms with Gasteiger partial charge >= 0.3 is 0 Å². The van der Waals surface area contributed by atoms with Crippen molar-refractivity contribution in [2.24, 2.45) is 0 Å². The number of pyridine rings is 1. The molecule has 1 aromatic heterocycles. The number of amides is 1. The summed E-state index contributed by atoms with van der Waals surface area (Å²) in [4.78, 5) is 15.7. The molecule has 0 radical (unpaired) electrons. The number of hydrogen-bond donors (Lipinski definition) is 2. The first kappa shape index (κ1) is 11.4. The Kier molecular flexibility index (Phi) is 3.25. The highest BCUT2D eigenvalue weighted by molar-refractivity contribution is 6.34. The van der Waals surface area contributed by atoms with E-state index in [1.807, 2.05) is 0 Å². The molecule has 1 heterocycles. The van der Waals surface area contributed by atoms with E-state index in [2.05, 4.69) is 10.3 Å². The number of nitrogen functional groups attached to an aromatic ring is 1. The molecule has 1 amide bonds. The molecule has 1 aromatic carbocycles. The fourth-order valence-electron chi connectivity index (χ4n) is 1.32. The molecule has 0 unspecified atom stereocenters. The number of nitrogens with zero attached hydrogens (tertiary/aromatic N) is 1. The third kappa shape index (κ3) is 2.73. The zero-order chi connectivity index (χ0) is 12.3. The number of aromatic nitrogens is 1. The molecule has 0 saturated heterocycles. The summed E-state index contributed by atoms with van der Waals surface area (Å²) in [5.74, 6) is -0.259. The highest BCUT2D eigenvalue weighted by atomic mass is 35.5. The second kappa shape index (κ2) is 4.84. The second-order valence-electron chi connectivity index (χ2n) is 3.44. The molecule has 86 valence electrons. The molecule has 0 saturated carbocycles. The maximum Gasteiger partial charge on any atom is 0.257 e. The summed E-state index contributed by atoms with van der Waals surface area (Å²) in [6.07, 6.45) is 3.09. The topological polar surface area (TPSA) is 68.0 Å². The first-order valence-corrected chi connectivity index (χ1v) is 5.31. The van der Waals surface area contributed by atoms with Crippen LogP contribution in [0.4, 0.5) is 11.4 Å². The predicted octanol–water partition coefficient (Wildman–Crippen LogP) is 2.57. The normalized spacial score (nSPS) is 9.94. The van der Waals surface area contributed by atoms with Crippen molar-refractivity contribution in [3.63, 3.8) is 0 Å². The number of anilines is 2. The van der Waals surface area contributed by atoms with E-state index in [0.717, 1.165) is 0 Å². The summed E-state index contributed by atoms with van der Waals surface area (Å²) in [5, 5.41) is 3.09. The van der Waals surface area contributed by atoms with Crippen molar-refractivity contribution >= 4 is 28.9 Å². The lowest BCUT2D eigenvalue weighted by molar-refractivity contribution is 0.102. The van der Waals surface area contributed by atoms with Crippen molar-refractivity contribution in [2.75, 3.05) is 11.1 Å². The average Bonchev–Trinajstić information content (AvgIpc) is 2.34. The Morgan fingerprint density at radius 1 is 1.35 bits per heavy atom. The molecule has 0 bridgehead atoms. The van der Waals surface area contributed by atoms with Gasteiger partial charge in [-0.2, -0.15) is 0 Å². The fourth-order valence-corrected chi connectivity index (χ4v) is 1.56. The van der Waals surface area contributed by atoms with E-state index < -0.39 is 0 Å². The standard InChI is InChI=1S/C12H10ClN3O/c13-10-6-9(14)3-4-11(10)16-12(17)8-2-1-5-15-7-8/h1-7H,14H2,(H,16,17). The molecule has 0 aliphatic heterocycles. The quantitative estimate of drug-likeness (QED) is 0.802. The maximum atomic E-state index is 11.8. The third-order valence-corrected chi connectivity index (χ3v) is 2.48. The van der Waals surface area contributed by atoms with E-state index in [4.69, 9.17) is 17.3 Å². The lowest BCUT2D eigenvalue weighted by Gasteiger charge is -2.07. The van der Waals surface area contributed by atoms with Gasteiger partial charge in [-0.25, -0.2) is 0 Å². The van der Waals surface area contributed by atoms with Crippen molar-refractivity contribution in [3.8, 4) is 0 Å². The first-order valence-electron chi connectivity index (χ1n) is 4.93. The number of hydrogen-bond acceptors (Lipinski definition) is 3. The number of nitrogens with one attached hydrogen (secondary N) is 1. The van der Waals surface area contributed by atoms with Crippen LogP contribution in [0.2, 0.25) is 5.02 Å². The Morgan fingerprint density at radius 2 is 2.18 bits per heavy atom. The van der Waals surface area contributed by atoms with Crippen molar-refractivity contribution in [3.05, 3.63) is 53.3 Å². The van der Waals surface area contributed by atoms with E-state index in [1.165, 1.54) is 6.20 Å². The van der Waals surface area contributed by atoms with Gasteiger partial charge in [0.15, 0.2) is 0 Å². The summed E-state index contributed by atoms with van der Waals surface area (Å²) >= 11 is 5.95. The van der Waals surface area contributed by atoms with Crippen LogP contribution >= 0.6 is 11.6 Å². The van der Waals surface area contributed by atoms with Gasteiger partial charge in [-0.15, -0.1) is 0 Å². The zero-order valence-corrected chi connectivity index (χ0v) is 9.61. The number of nitrogens with two attached hydrogens (primary N) is 1. The van der Waals surface area contributed by atoms with E-state index in [0.29, 0.717) is 22.0 Å². The summed E-state index contributed by atoms with van der Waals surface area (Å²) in [6.45, 7) is 0. The first-order chi connectivity index (χ1) is 8.16. The number of benzene rings is 1. The molecule has 0 atom stereocenters. The van der Waals surface area contributed by atoms with E-state index in [1.54, 1.807) is 36.5 Å². The van der Waals surface area contributed by atoms with Gasteiger partial charge in [0.25, 0.3) is 5.91 Å². The molecule has 2 rings (SSSR count). The smallest absolute Gasteiger partial charge is 0.257 e. The number of halogens is 1. The minimum absolute atomic E-state index is 0.259. The third-order valence-electron chi connectivity index (χ3n) is 2.17. The highest BCUT2D eigenvalue weighted by Crippen LogP contribution is 2.24. The van der Waals surface area contributed by atoms with Crippen LogP contribution in [0.1, 0.15) is 10.4 Å². The van der Waals surface area contributed by atoms with Crippen molar-refractivity contribution < 1.29 is 4.79 Å². The van der Waals surface area contributed by atoms with Crippen LogP contribution < -0.4 is 11.1 Å². The SMILES string of the molecule is Nc1ccc(NC(=O)c2cccnc2)c(Cl)c1. The number of rotatable bonds is 2. The Morgan fingerprint density at radius 3 is 2.82 bits per heavy atom. The van der Waals surface area contributed by atoms with Gasteiger partial charge < -0.3 is 11.1 Å². The molecular weight excluding hydrogens is 238 g/mol. The number of carbonyl (C=O) groups excluding carboxylic acids is 1. The van der Waals surface area contributed by atoms with Crippen LogP contribution in [0, 0.1) is 0 Å². The maximum absolute atomic E-state index is 11.8. The largest absolute Gasteiger partial charge is 0.399 e. The molecule has 2 aromatic rings. The van der Waals surface area contributed by atoms with Gasteiger partial charge in [-0.1, -0.05) is 11.6 Å². The Balaban J connectivity index is 2.19. The van der Waals surface area contributed by atoms with Crippen LogP contribution in [0.15, 0.2) is 42.7 Å². The summed E-state index contributed by atoms with van der Waals surface area (Å²) < 4.78 is 0. The fraction of sp³-hybridized carbons (Fsp3) is 0. The Hall–Kier alpha value is -2.07. The molecule has 0 aliphatic carbocycles. The minimum atomic E-state index is -0.259. The molecular formula is C12H10ClN3O. The van der Waals surface area contributed by atoms with Crippen molar-refractivity contribution in [2.45, 2.75) is 0 Å². The highest BCUT2D eigenvalue weighted by Gasteiger charge is 2.08. The monoisotopic (exact) mass is 247 g/mol. The Labute approximate surface area is 103 Å². The van der Waals surface area contributed by atoms with Gasteiger partial charge in [0, 0.05) is 18.1 Å². The number of carbonyl (C=O) groups is 1. The average molecular weight is 248 g/mol. The van der Waals surface area contributed by atoms with E-state index in [-0.39, 0.29) is 5.91 Å². The zero-order valence-electron chi connectivity index (χ0n) is 8.85. The molecule has 3 N–H and O–H groups in total. The van der Waals surface area contributed by atoms with Gasteiger partial charge in [-0.05, 0) is 30.3 Å². The van der Waals surface area contributed by atoms with Crippen LogP contribution in [-0.4, -0.2) is 10.9 Å². The lowest BCUT2D eigenvalue weighted by atomic mass is 10.2. The molecule has 4 nitrogen and oxygen atoms in total. The van der Waals surface area contributed by atoms with Gasteiger partial charge in [-0.3, -0.25) is 9.78 Å². The molecule has 17 heavy (non-hydrogen) atoms. The lowest BCUT2D eigenvalue weighted by Crippen LogP contribution is -2.12. The summed E-state index contributed by atoms with van der Waals surface area (Å²) in [5.41, 5.74) is 7.11. The van der Waals surface area contributed by atoms with Crippen LogP contribution in [-0.2, 0) is 0 Å². The predicted molar refractivity (Wildman–Crippen MR) is 68.1 cm³/mol. The second-order valence-corrected chi connectivity index (χ2v) is 3.84. The van der Waals surface area contributed by atoms with Gasteiger partial charge in [0.1, 0.15) is 0 Å². The molecule has 5 heteroatoms. The summed E-state index contributed by atoms with van der Waals surface area (Å²) in [7, 11) is 0. The van der Waals surface area contributed by atoms with E-state index >= 15 is 0 Å². The van der Waals surface area contributed by atoms with Crippen molar-refractivity contribution in [1.29, 1.82) is 0 Å². The summed E-state index contributed by atoms with van der Waals surface area (Å²) in [6, 6.07) is 8.28. The Bertz CT molecular complexity index is 543.